The van der Waals surface area contributed by atoms with Crippen LogP contribution in [0.3, 0.4) is 0 Å². The number of carbonyl (C=O) groups is 3. The molecule has 2 amide bonds. The van der Waals surface area contributed by atoms with Crippen molar-refractivity contribution in [3.05, 3.63) is 32.9 Å². The molecule has 12 nitrogen and oxygen atoms in total. The fourth-order valence-corrected chi connectivity index (χ4v) is 5.55. The van der Waals surface area contributed by atoms with Gasteiger partial charge in [-0.15, -0.1) is 0 Å². The lowest BCUT2D eigenvalue weighted by molar-refractivity contribution is -0.171. The Morgan fingerprint density at radius 2 is 2.00 bits per heavy atom. The number of aliphatic hydroxyl groups is 1. The van der Waals surface area contributed by atoms with Crippen molar-refractivity contribution in [2.75, 3.05) is 25.2 Å². The summed E-state index contributed by atoms with van der Waals surface area (Å²) in [5, 5.41) is 13.1. The summed E-state index contributed by atoms with van der Waals surface area (Å²) in [4.78, 5) is 65.7. The van der Waals surface area contributed by atoms with Crippen LogP contribution in [0.2, 0.25) is 0 Å². The van der Waals surface area contributed by atoms with Crippen molar-refractivity contribution in [3.8, 4) is 0 Å². The van der Waals surface area contributed by atoms with E-state index in [1.165, 1.54) is 4.90 Å². The van der Waals surface area contributed by atoms with E-state index < -0.39 is 53.1 Å². The van der Waals surface area contributed by atoms with Gasteiger partial charge in [0.15, 0.2) is 0 Å². The van der Waals surface area contributed by atoms with Gasteiger partial charge < -0.3 is 24.8 Å². The molecular weight excluding hydrogens is 547 g/mol. The Bertz CT molecular complexity index is 1110. The van der Waals surface area contributed by atoms with Gasteiger partial charge in [0.1, 0.15) is 30.5 Å². The molecule has 0 radical (unpaired) electrons. The van der Waals surface area contributed by atoms with Gasteiger partial charge in [-0.05, 0) is 37.7 Å². The van der Waals surface area contributed by atoms with E-state index in [9.17, 15) is 33.5 Å². The Kier molecular flexibility index (Phi) is 13.3. The van der Waals surface area contributed by atoms with E-state index in [2.05, 4.69) is 5.32 Å². The average molecular weight is 589 g/mol. The molecular formula is C26H41FN4O8S. The first-order valence-corrected chi connectivity index (χ1v) is 15.0. The number of hydrogen-bond acceptors (Lipinski definition) is 9. The van der Waals surface area contributed by atoms with Gasteiger partial charge >= 0.3 is 11.7 Å². The van der Waals surface area contributed by atoms with E-state index in [0.29, 0.717) is 56.9 Å². The van der Waals surface area contributed by atoms with Gasteiger partial charge in [0.05, 0.1) is 12.3 Å². The molecule has 0 spiro atoms. The summed E-state index contributed by atoms with van der Waals surface area (Å²) in [7, 11) is 0. The molecule has 226 valence electrons. The second kappa shape index (κ2) is 15.9. The van der Waals surface area contributed by atoms with Crippen molar-refractivity contribution in [2.24, 2.45) is 0 Å². The van der Waals surface area contributed by atoms with Crippen LogP contribution < -0.4 is 16.6 Å². The Morgan fingerprint density at radius 1 is 1.32 bits per heavy atom. The van der Waals surface area contributed by atoms with Crippen molar-refractivity contribution in [1.29, 1.82) is 0 Å². The third-order valence-electron chi connectivity index (χ3n) is 6.93. The first-order chi connectivity index (χ1) is 19.1. The van der Waals surface area contributed by atoms with Crippen LogP contribution in [0, 0.1) is 5.82 Å². The van der Waals surface area contributed by atoms with Crippen molar-refractivity contribution >= 4 is 30.0 Å². The van der Waals surface area contributed by atoms with E-state index >= 15 is 0 Å². The van der Waals surface area contributed by atoms with Crippen LogP contribution in [0.15, 0.2) is 15.8 Å². The Balaban J connectivity index is 2.30. The molecule has 0 unspecified atom stereocenters. The maximum atomic E-state index is 13.8. The number of aliphatic hydroxyl groups excluding tert-OH is 1. The van der Waals surface area contributed by atoms with Crippen LogP contribution in [0.5, 0.6) is 0 Å². The smallest absolute Gasteiger partial charge is 0.332 e. The normalized spacial score (nSPS) is 19.7. The first-order valence-electron chi connectivity index (χ1n) is 13.6. The zero-order valence-corrected chi connectivity index (χ0v) is 24.3. The van der Waals surface area contributed by atoms with E-state index in [4.69, 9.17) is 9.47 Å². The molecule has 1 aliphatic heterocycles. The third-order valence-corrected chi connectivity index (χ3v) is 7.58. The number of rotatable bonds is 17. The molecule has 2 heterocycles. The minimum Gasteiger partial charge on any atom is -0.461 e. The first kappa shape index (κ1) is 33.5. The van der Waals surface area contributed by atoms with Gasteiger partial charge in [-0.3, -0.25) is 23.9 Å². The lowest BCUT2D eigenvalue weighted by Gasteiger charge is -2.43. The number of hydrogen-bond donors (Lipinski definition) is 3. The van der Waals surface area contributed by atoms with Crippen molar-refractivity contribution in [3.63, 3.8) is 0 Å². The van der Waals surface area contributed by atoms with Crippen LogP contribution in [0.4, 0.5) is 4.39 Å². The largest absolute Gasteiger partial charge is 0.461 e. The monoisotopic (exact) mass is 588 g/mol. The summed E-state index contributed by atoms with van der Waals surface area (Å²) in [5.74, 6) is -1.56. The highest BCUT2D eigenvalue weighted by molar-refractivity contribution is 7.98. The van der Waals surface area contributed by atoms with Gasteiger partial charge in [0, 0.05) is 13.0 Å². The number of amides is 2. The zero-order valence-electron chi connectivity index (χ0n) is 23.5. The lowest BCUT2D eigenvalue weighted by atomic mass is 9.85. The highest BCUT2D eigenvalue weighted by Gasteiger charge is 2.48. The van der Waals surface area contributed by atoms with Gasteiger partial charge in [-0.2, -0.15) is 16.2 Å². The number of H-pyrrole nitrogens is 1. The summed E-state index contributed by atoms with van der Waals surface area (Å²) >= 11 is 1.54. The van der Waals surface area contributed by atoms with Crippen molar-refractivity contribution in [1.82, 2.24) is 19.8 Å². The number of esters is 1. The quantitative estimate of drug-likeness (QED) is 0.180. The number of nitrogens with zero attached hydrogens (tertiary/aromatic N) is 2. The molecule has 3 N–H and O–H groups in total. The molecule has 0 aliphatic carbocycles. The number of halogens is 1. The molecule has 4 atom stereocenters. The van der Waals surface area contributed by atoms with Crippen LogP contribution in [0.25, 0.3) is 0 Å². The Hall–Kier alpha value is -2.71. The molecule has 1 aromatic rings. The van der Waals surface area contributed by atoms with E-state index in [1.807, 2.05) is 32.0 Å². The third kappa shape index (κ3) is 7.94. The van der Waals surface area contributed by atoms with Crippen LogP contribution in [-0.4, -0.2) is 86.8 Å². The van der Waals surface area contributed by atoms with Crippen molar-refractivity contribution in [2.45, 2.75) is 95.7 Å². The topological polar surface area (TPSA) is 160 Å². The molecule has 0 bridgehead atoms. The van der Waals surface area contributed by atoms with Crippen LogP contribution in [0.1, 0.15) is 71.9 Å². The van der Waals surface area contributed by atoms with E-state index in [1.54, 1.807) is 11.8 Å². The average Bonchev–Trinajstić information content (AvgIpc) is 3.29. The maximum Gasteiger partial charge on any atom is 0.332 e. The predicted molar refractivity (Wildman–Crippen MR) is 147 cm³/mol. The second-order valence-electron chi connectivity index (χ2n) is 9.81. The summed E-state index contributed by atoms with van der Waals surface area (Å²) in [6.45, 7) is 5.59. The fourth-order valence-electron chi connectivity index (χ4n) is 5.08. The van der Waals surface area contributed by atoms with E-state index in [-0.39, 0.29) is 25.5 Å². The summed E-state index contributed by atoms with van der Waals surface area (Å²) in [6.07, 6.45) is 2.50. The number of aromatic nitrogens is 2. The second-order valence-corrected chi connectivity index (χ2v) is 10.8. The van der Waals surface area contributed by atoms with Gasteiger partial charge in [-0.1, -0.05) is 33.6 Å². The molecule has 1 saturated heterocycles. The Morgan fingerprint density at radius 3 is 2.58 bits per heavy atom. The lowest BCUT2D eigenvalue weighted by Crippen LogP contribution is -2.62. The molecule has 0 saturated carbocycles. The van der Waals surface area contributed by atoms with Gasteiger partial charge in [0.2, 0.25) is 18.1 Å². The highest BCUT2D eigenvalue weighted by atomic mass is 32.2. The minimum atomic E-state index is -1.30. The standard InChI is InChI=1S/C26H41FN4O8S/c1-5-9-26(10-6-2,31(11-7-3)23(35)18(28-16-32)8-12-40-4)24(36)38-15-20-19(33)13-21(39-20)30-14-17(27)22(34)29-25(30)37/h14,16,18-21,33H,5-13,15H2,1-4H3,(H,28,32)(H,29,34,37)/t18-,19-,20+,21+/m0/s1. The molecule has 0 aromatic carbocycles. The van der Waals surface area contributed by atoms with Gasteiger partial charge in [-0.25, -0.2) is 9.59 Å². The number of thioether (sulfide) groups is 1. The molecule has 1 fully saturated rings. The molecule has 40 heavy (non-hydrogen) atoms. The number of carbonyl (C=O) groups excluding carboxylic acids is 3. The number of ether oxygens (including phenoxy) is 2. The SMILES string of the molecule is CCCN(C(=O)[C@H](CCSC)NC=O)C(CCC)(CCC)C(=O)OC[C@H]1O[C@@H](n2cc(F)c(=O)[nH]c2=O)C[C@@H]1O. The number of aromatic amines is 1. The summed E-state index contributed by atoms with van der Waals surface area (Å²) < 4.78 is 26.0. The predicted octanol–water partition coefficient (Wildman–Crippen LogP) is 1.31. The van der Waals surface area contributed by atoms with E-state index in [0.717, 1.165) is 4.57 Å². The van der Waals surface area contributed by atoms with Gasteiger partial charge in [0.25, 0.3) is 5.56 Å². The van der Waals surface area contributed by atoms with Crippen molar-refractivity contribution < 1.29 is 33.4 Å². The summed E-state index contributed by atoms with van der Waals surface area (Å²) in [5.41, 5.74) is -3.38. The zero-order chi connectivity index (χ0) is 29.9. The molecule has 1 aliphatic rings. The maximum absolute atomic E-state index is 13.8. The minimum absolute atomic E-state index is 0.0996. The molecule has 14 heteroatoms. The Labute approximate surface area is 237 Å². The fraction of sp³-hybridized carbons (Fsp3) is 0.731. The molecule has 1 aromatic heterocycles. The van der Waals surface area contributed by atoms with Crippen LogP contribution >= 0.6 is 11.8 Å². The summed E-state index contributed by atoms with van der Waals surface area (Å²) in [6, 6.07) is -0.797. The van der Waals surface area contributed by atoms with Crippen LogP contribution in [-0.2, 0) is 23.9 Å². The number of nitrogens with one attached hydrogen (secondary N) is 2. The highest BCUT2D eigenvalue weighted by Crippen LogP contribution is 2.33. The molecule has 2 rings (SSSR count).